The van der Waals surface area contributed by atoms with Crippen LogP contribution in [0.5, 0.6) is 0 Å². The molecule has 1 rings (SSSR count). The summed E-state index contributed by atoms with van der Waals surface area (Å²) in [7, 11) is -1.74. The first-order valence-corrected chi connectivity index (χ1v) is 9.52. The molecule has 3 N–H and O–H groups in total. The molecule has 0 unspecified atom stereocenters. The zero-order valence-corrected chi connectivity index (χ0v) is 15.4. The van der Waals surface area contributed by atoms with Crippen LogP contribution < -0.4 is 10.8 Å². The molecule has 0 aromatic heterocycles. The summed E-state index contributed by atoms with van der Waals surface area (Å²) in [5.41, 5.74) is 0.0496. The van der Waals surface area contributed by atoms with Crippen molar-refractivity contribution in [3.8, 4) is 0 Å². The molecule has 0 saturated carbocycles. The van der Waals surface area contributed by atoms with Gasteiger partial charge in [-0.15, -0.1) is 0 Å². The summed E-state index contributed by atoms with van der Waals surface area (Å²) in [6.07, 6.45) is 2.67. The van der Waals surface area contributed by atoms with Gasteiger partial charge in [-0.3, -0.25) is 9.59 Å². The van der Waals surface area contributed by atoms with Gasteiger partial charge in [0, 0.05) is 24.5 Å². The number of carbonyl (C=O) groups is 2. The van der Waals surface area contributed by atoms with Crippen molar-refractivity contribution in [1.29, 1.82) is 0 Å². The summed E-state index contributed by atoms with van der Waals surface area (Å²) < 4.78 is 13.8. The van der Waals surface area contributed by atoms with E-state index >= 15 is 0 Å². The van der Waals surface area contributed by atoms with Gasteiger partial charge >= 0.3 is 7.12 Å². The van der Waals surface area contributed by atoms with Crippen LogP contribution in [0.4, 0.5) is 10.1 Å². The quantitative estimate of drug-likeness (QED) is 0.410. The monoisotopic (exact) mass is 369 g/mol. The van der Waals surface area contributed by atoms with E-state index in [0.29, 0.717) is 12.2 Å². The van der Waals surface area contributed by atoms with Crippen molar-refractivity contribution in [2.75, 3.05) is 16.8 Å². The Hall–Kier alpha value is -1.38. The Balaban J connectivity index is 2.20. The molecule has 0 radical (unpaired) electrons. The van der Waals surface area contributed by atoms with E-state index < -0.39 is 12.9 Å². The molecule has 0 aliphatic rings. The number of rotatable bonds is 11. The van der Waals surface area contributed by atoms with E-state index in [1.54, 1.807) is 11.8 Å². The van der Waals surface area contributed by atoms with Crippen LogP contribution in [0.3, 0.4) is 0 Å². The van der Waals surface area contributed by atoms with Crippen molar-refractivity contribution in [3.05, 3.63) is 24.0 Å². The summed E-state index contributed by atoms with van der Waals surface area (Å²) in [4.78, 5) is 23.3. The van der Waals surface area contributed by atoms with Crippen LogP contribution in [0.1, 0.15) is 39.5 Å². The van der Waals surface area contributed by atoms with E-state index in [1.807, 2.05) is 13.8 Å². The van der Waals surface area contributed by atoms with Crippen LogP contribution in [-0.4, -0.2) is 40.4 Å². The third-order valence-electron chi connectivity index (χ3n) is 3.64. The van der Waals surface area contributed by atoms with Crippen molar-refractivity contribution in [2.45, 2.75) is 39.5 Å². The van der Waals surface area contributed by atoms with Crippen LogP contribution in [0.25, 0.3) is 0 Å². The predicted octanol–water partition coefficient (Wildman–Crippen LogP) is 1.96. The standard InChI is InChI=1S/C17H25BFNO4S/c1-12(2)16(21)5-3-4-9-25-10-8-17(22)20-15-7-6-13(18(23)24)11-14(15)19/h6-7,11-12,23-24H,3-5,8-10H2,1-2H3,(H,20,22). The second kappa shape index (κ2) is 11.3. The molecule has 1 aromatic carbocycles. The zero-order chi connectivity index (χ0) is 18.8. The molecule has 0 aliphatic heterocycles. The first-order chi connectivity index (χ1) is 11.8. The highest BCUT2D eigenvalue weighted by Gasteiger charge is 2.14. The topological polar surface area (TPSA) is 86.6 Å². The molecule has 138 valence electrons. The Labute approximate surface area is 152 Å². The van der Waals surface area contributed by atoms with Gasteiger partial charge in [-0.1, -0.05) is 19.9 Å². The Morgan fingerprint density at radius 3 is 2.52 bits per heavy atom. The van der Waals surface area contributed by atoms with E-state index in [1.165, 1.54) is 12.1 Å². The Kier molecular flexibility index (Phi) is 9.78. The minimum Gasteiger partial charge on any atom is -0.423 e. The molecular weight excluding hydrogens is 344 g/mol. The molecule has 0 aliphatic carbocycles. The summed E-state index contributed by atoms with van der Waals surface area (Å²) in [5, 5.41) is 20.4. The normalized spacial score (nSPS) is 10.8. The summed E-state index contributed by atoms with van der Waals surface area (Å²) >= 11 is 1.63. The molecule has 0 saturated heterocycles. The molecule has 0 spiro atoms. The molecule has 1 amide bonds. The predicted molar refractivity (Wildman–Crippen MR) is 100 cm³/mol. The fourth-order valence-electron chi connectivity index (χ4n) is 2.06. The largest absolute Gasteiger partial charge is 0.488 e. The molecular formula is C17H25BFNO4S. The van der Waals surface area contributed by atoms with Crippen molar-refractivity contribution in [2.24, 2.45) is 5.92 Å². The van der Waals surface area contributed by atoms with Gasteiger partial charge < -0.3 is 15.4 Å². The maximum atomic E-state index is 13.8. The lowest BCUT2D eigenvalue weighted by Crippen LogP contribution is -2.30. The van der Waals surface area contributed by atoms with Crippen molar-refractivity contribution < 1.29 is 24.0 Å². The second-order valence-electron chi connectivity index (χ2n) is 6.10. The molecule has 0 atom stereocenters. The first-order valence-electron chi connectivity index (χ1n) is 8.37. The van der Waals surface area contributed by atoms with Gasteiger partial charge in [0.15, 0.2) is 0 Å². The highest BCUT2D eigenvalue weighted by atomic mass is 32.2. The van der Waals surface area contributed by atoms with Crippen LogP contribution in [0, 0.1) is 11.7 Å². The number of amides is 1. The molecule has 5 nitrogen and oxygen atoms in total. The fourth-order valence-corrected chi connectivity index (χ4v) is 3.01. The van der Waals surface area contributed by atoms with Crippen LogP contribution in [0.2, 0.25) is 0 Å². The number of unbranched alkanes of at least 4 members (excludes halogenated alkanes) is 1. The van der Waals surface area contributed by atoms with Gasteiger partial charge in [-0.2, -0.15) is 11.8 Å². The number of anilines is 1. The van der Waals surface area contributed by atoms with Gasteiger partial charge in [-0.05, 0) is 36.2 Å². The average molecular weight is 369 g/mol. The summed E-state index contributed by atoms with van der Waals surface area (Å²) in [6.45, 7) is 3.80. The number of benzene rings is 1. The van der Waals surface area contributed by atoms with Gasteiger partial charge in [-0.25, -0.2) is 4.39 Å². The number of carbonyl (C=O) groups excluding carboxylic acids is 2. The number of halogens is 1. The average Bonchev–Trinajstić information content (AvgIpc) is 2.55. The SMILES string of the molecule is CC(C)C(=O)CCCCSCCC(=O)Nc1ccc(B(O)O)cc1F. The molecule has 8 heteroatoms. The maximum Gasteiger partial charge on any atom is 0.488 e. The number of thioether (sulfide) groups is 1. The fraction of sp³-hybridized carbons (Fsp3) is 0.529. The van der Waals surface area contributed by atoms with Crippen LogP contribution in [-0.2, 0) is 9.59 Å². The molecule has 0 heterocycles. The summed E-state index contributed by atoms with van der Waals surface area (Å²) in [5.74, 6) is 0.882. The Morgan fingerprint density at radius 1 is 1.20 bits per heavy atom. The van der Waals surface area contributed by atoms with E-state index in [-0.39, 0.29) is 35.2 Å². The van der Waals surface area contributed by atoms with E-state index in [4.69, 9.17) is 10.0 Å². The van der Waals surface area contributed by atoms with Crippen molar-refractivity contribution >= 4 is 41.7 Å². The van der Waals surface area contributed by atoms with E-state index in [2.05, 4.69) is 5.32 Å². The van der Waals surface area contributed by atoms with E-state index in [0.717, 1.165) is 24.7 Å². The van der Waals surface area contributed by atoms with E-state index in [9.17, 15) is 14.0 Å². The molecule has 1 aromatic rings. The minimum absolute atomic E-state index is 0.0200. The molecule has 0 fully saturated rings. The lowest BCUT2D eigenvalue weighted by Gasteiger charge is -2.08. The molecule has 25 heavy (non-hydrogen) atoms. The molecule has 0 bridgehead atoms. The first kappa shape index (κ1) is 21.7. The minimum atomic E-state index is -1.74. The van der Waals surface area contributed by atoms with Crippen LogP contribution >= 0.6 is 11.8 Å². The zero-order valence-electron chi connectivity index (χ0n) is 14.6. The number of Topliss-reactive ketones (excluding diaryl/α,β-unsaturated/α-hetero) is 1. The number of hydrogen-bond donors (Lipinski definition) is 3. The third-order valence-corrected chi connectivity index (χ3v) is 4.71. The van der Waals surface area contributed by atoms with Gasteiger partial charge in [0.2, 0.25) is 5.91 Å². The number of hydrogen-bond acceptors (Lipinski definition) is 5. The third kappa shape index (κ3) is 8.51. The number of nitrogens with one attached hydrogen (secondary N) is 1. The highest BCUT2D eigenvalue weighted by Crippen LogP contribution is 2.14. The van der Waals surface area contributed by atoms with Crippen LogP contribution in [0.15, 0.2) is 18.2 Å². The highest BCUT2D eigenvalue weighted by molar-refractivity contribution is 7.99. The van der Waals surface area contributed by atoms with Crippen molar-refractivity contribution in [3.63, 3.8) is 0 Å². The Morgan fingerprint density at radius 2 is 1.92 bits per heavy atom. The Bertz CT molecular complexity index is 584. The lowest BCUT2D eigenvalue weighted by molar-refractivity contribution is -0.122. The van der Waals surface area contributed by atoms with Gasteiger partial charge in [0.1, 0.15) is 11.6 Å². The second-order valence-corrected chi connectivity index (χ2v) is 7.33. The van der Waals surface area contributed by atoms with Gasteiger partial charge in [0.05, 0.1) is 5.69 Å². The smallest absolute Gasteiger partial charge is 0.423 e. The number of ketones is 1. The van der Waals surface area contributed by atoms with Gasteiger partial charge in [0.25, 0.3) is 0 Å². The van der Waals surface area contributed by atoms with Crippen molar-refractivity contribution in [1.82, 2.24) is 0 Å². The summed E-state index contributed by atoms with van der Waals surface area (Å²) in [6, 6.07) is 3.63. The maximum absolute atomic E-state index is 13.8. The lowest BCUT2D eigenvalue weighted by atomic mass is 9.80.